The normalized spacial score (nSPS) is 16.7. The van der Waals surface area contributed by atoms with Gasteiger partial charge in [-0.15, -0.1) is 0 Å². The van der Waals surface area contributed by atoms with E-state index in [0.29, 0.717) is 0 Å². The lowest BCUT2D eigenvalue weighted by Gasteiger charge is -1.99. The van der Waals surface area contributed by atoms with Crippen molar-refractivity contribution in [3.63, 3.8) is 0 Å². The first-order valence-electron chi connectivity index (χ1n) is 2.43. The SMILES string of the molecule is C[P@@](=O)(O)CCC(=O)O. The van der Waals surface area contributed by atoms with Crippen LogP contribution in [0.3, 0.4) is 0 Å². The number of carboxylic acids is 1. The van der Waals surface area contributed by atoms with E-state index in [9.17, 15) is 9.36 Å². The van der Waals surface area contributed by atoms with Crippen LogP contribution in [0.5, 0.6) is 0 Å². The third-order valence-corrected chi connectivity index (χ3v) is 1.79. The highest BCUT2D eigenvalue weighted by Gasteiger charge is 2.10. The second-order valence-corrected chi connectivity index (χ2v) is 4.47. The zero-order valence-electron chi connectivity index (χ0n) is 5.07. The van der Waals surface area contributed by atoms with Crippen molar-refractivity contribution in [2.45, 2.75) is 6.42 Å². The Bertz CT molecular complexity index is 147. The van der Waals surface area contributed by atoms with E-state index in [1.54, 1.807) is 0 Å². The van der Waals surface area contributed by atoms with Gasteiger partial charge in [-0.25, -0.2) is 0 Å². The van der Waals surface area contributed by atoms with Gasteiger partial charge in [0.1, 0.15) is 0 Å². The Hall–Kier alpha value is -0.340. The van der Waals surface area contributed by atoms with Crippen molar-refractivity contribution in [2.24, 2.45) is 0 Å². The lowest BCUT2D eigenvalue weighted by Crippen LogP contribution is -1.98. The molecule has 0 aromatic carbocycles. The lowest BCUT2D eigenvalue weighted by atomic mass is 10.5. The van der Waals surface area contributed by atoms with Crippen molar-refractivity contribution in [2.75, 3.05) is 12.8 Å². The van der Waals surface area contributed by atoms with Crippen molar-refractivity contribution < 1.29 is 19.4 Å². The average molecular weight is 152 g/mol. The van der Waals surface area contributed by atoms with E-state index in [4.69, 9.17) is 10.00 Å². The molecule has 0 bridgehead atoms. The fraction of sp³-hybridized carbons (Fsp3) is 0.750. The molecule has 0 aliphatic rings. The van der Waals surface area contributed by atoms with E-state index < -0.39 is 13.3 Å². The third kappa shape index (κ3) is 7.66. The quantitative estimate of drug-likeness (QED) is 0.572. The molecule has 0 unspecified atom stereocenters. The van der Waals surface area contributed by atoms with Crippen molar-refractivity contribution in [3.05, 3.63) is 0 Å². The van der Waals surface area contributed by atoms with Gasteiger partial charge in [-0.05, 0) is 0 Å². The molecule has 2 N–H and O–H groups in total. The molecular weight excluding hydrogens is 143 g/mol. The van der Waals surface area contributed by atoms with Crippen LogP contribution in [0.25, 0.3) is 0 Å². The Morgan fingerprint density at radius 1 is 1.67 bits per heavy atom. The highest BCUT2D eigenvalue weighted by Crippen LogP contribution is 2.35. The predicted octanol–water partition coefficient (Wildman–Crippen LogP) is 0.361. The monoisotopic (exact) mass is 152 g/mol. The Kier molecular flexibility index (Phi) is 2.88. The summed E-state index contributed by atoms with van der Waals surface area (Å²) in [7, 11) is -3.10. The molecule has 9 heavy (non-hydrogen) atoms. The molecule has 0 rings (SSSR count). The van der Waals surface area contributed by atoms with Crippen LogP contribution in [0, 0.1) is 0 Å². The molecule has 0 saturated carbocycles. The minimum absolute atomic E-state index is 0.137. The molecule has 0 heterocycles. The molecule has 54 valence electrons. The van der Waals surface area contributed by atoms with Crippen LogP contribution in [-0.2, 0) is 9.36 Å². The van der Waals surface area contributed by atoms with E-state index in [1.807, 2.05) is 0 Å². The van der Waals surface area contributed by atoms with E-state index in [0.717, 1.165) is 6.66 Å². The van der Waals surface area contributed by atoms with Gasteiger partial charge in [0.2, 0.25) is 0 Å². The zero-order chi connectivity index (χ0) is 7.49. The highest BCUT2D eigenvalue weighted by molar-refractivity contribution is 7.57. The second kappa shape index (κ2) is 2.99. The Morgan fingerprint density at radius 3 is 2.22 bits per heavy atom. The largest absolute Gasteiger partial charge is 0.481 e. The summed E-state index contributed by atoms with van der Waals surface area (Å²) < 4.78 is 10.4. The fourth-order valence-corrected chi connectivity index (χ4v) is 0.909. The second-order valence-electron chi connectivity index (χ2n) is 1.92. The average Bonchev–Trinajstić information content (AvgIpc) is 1.59. The summed E-state index contributed by atoms with van der Waals surface area (Å²) in [5, 5.41) is 8.04. The maximum absolute atomic E-state index is 10.4. The molecule has 4 nitrogen and oxygen atoms in total. The van der Waals surface area contributed by atoms with Gasteiger partial charge in [0.05, 0.1) is 6.42 Å². The van der Waals surface area contributed by atoms with Crippen molar-refractivity contribution >= 4 is 13.3 Å². The zero-order valence-corrected chi connectivity index (χ0v) is 5.97. The molecule has 0 aliphatic heterocycles. The molecule has 1 atom stereocenters. The lowest BCUT2D eigenvalue weighted by molar-refractivity contribution is -0.136. The first kappa shape index (κ1) is 8.66. The topological polar surface area (TPSA) is 74.6 Å². The summed E-state index contributed by atoms with van der Waals surface area (Å²) in [4.78, 5) is 18.4. The van der Waals surface area contributed by atoms with Gasteiger partial charge < -0.3 is 10.00 Å². The number of carboxylic acid groups (broad SMARTS) is 1. The summed E-state index contributed by atoms with van der Waals surface area (Å²) in [5.74, 6) is -1.04. The van der Waals surface area contributed by atoms with Gasteiger partial charge >= 0.3 is 5.97 Å². The minimum Gasteiger partial charge on any atom is -0.481 e. The number of rotatable bonds is 3. The van der Waals surface area contributed by atoms with Crippen LogP contribution in [0.4, 0.5) is 0 Å². The maximum atomic E-state index is 10.4. The molecular formula is C4H9O4P. The maximum Gasteiger partial charge on any atom is 0.303 e. The van der Waals surface area contributed by atoms with Gasteiger partial charge in [-0.2, -0.15) is 0 Å². The molecule has 0 aliphatic carbocycles. The number of aliphatic carboxylic acids is 1. The number of hydrogen-bond acceptors (Lipinski definition) is 2. The van der Waals surface area contributed by atoms with Gasteiger partial charge in [0.15, 0.2) is 7.37 Å². The molecule has 0 amide bonds. The van der Waals surface area contributed by atoms with Crippen LogP contribution in [0.2, 0.25) is 0 Å². The highest BCUT2D eigenvalue weighted by atomic mass is 31.2. The number of hydrogen-bond donors (Lipinski definition) is 2. The van der Waals surface area contributed by atoms with Crippen molar-refractivity contribution in [1.29, 1.82) is 0 Å². The first-order valence-corrected chi connectivity index (χ1v) is 4.72. The molecule has 5 heteroatoms. The van der Waals surface area contributed by atoms with Gasteiger partial charge in [0, 0.05) is 12.8 Å². The van der Waals surface area contributed by atoms with Gasteiger partial charge in [0.25, 0.3) is 0 Å². The Morgan fingerprint density at radius 2 is 2.11 bits per heavy atom. The van der Waals surface area contributed by atoms with E-state index in [-0.39, 0.29) is 12.6 Å². The van der Waals surface area contributed by atoms with Crippen molar-refractivity contribution in [3.8, 4) is 0 Å². The smallest absolute Gasteiger partial charge is 0.303 e. The van der Waals surface area contributed by atoms with E-state index in [1.165, 1.54) is 0 Å². The summed E-state index contributed by atoms with van der Waals surface area (Å²) in [6.07, 6.45) is -0.368. The Labute approximate surface area is 53.0 Å². The van der Waals surface area contributed by atoms with E-state index >= 15 is 0 Å². The van der Waals surface area contributed by atoms with Crippen LogP contribution >= 0.6 is 7.37 Å². The molecule has 0 saturated heterocycles. The molecule has 0 aromatic heterocycles. The van der Waals surface area contributed by atoms with Crippen LogP contribution in [0.1, 0.15) is 6.42 Å². The van der Waals surface area contributed by atoms with Crippen molar-refractivity contribution in [1.82, 2.24) is 0 Å². The summed E-state index contributed by atoms with van der Waals surface area (Å²) in [5.41, 5.74) is 0. The fourth-order valence-electron chi connectivity index (χ4n) is 0.303. The number of carbonyl (C=O) groups is 1. The molecule has 0 fully saturated rings. The first-order chi connectivity index (χ1) is 3.92. The minimum atomic E-state index is -3.10. The molecule has 0 spiro atoms. The van der Waals surface area contributed by atoms with Crippen LogP contribution in [-0.4, -0.2) is 28.8 Å². The Balaban J connectivity index is 3.53. The van der Waals surface area contributed by atoms with Crippen LogP contribution in [0.15, 0.2) is 0 Å². The summed E-state index contributed by atoms with van der Waals surface area (Å²) >= 11 is 0. The van der Waals surface area contributed by atoms with Gasteiger partial charge in [-0.1, -0.05) is 0 Å². The molecule has 0 radical (unpaired) electrons. The standard InChI is InChI=1S/C4H9O4P/c1-9(7,8)3-2-4(5)6/h2-3H2,1H3,(H,5,6)(H,7,8). The van der Waals surface area contributed by atoms with Gasteiger partial charge in [-0.3, -0.25) is 9.36 Å². The summed E-state index contributed by atoms with van der Waals surface area (Å²) in [6, 6.07) is 0. The predicted molar refractivity (Wildman–Crippen MR) is 32.9 cm³/mol. The summed E-state index contributed by atoms with van der Waals surface area (Å²) in [6.45, 7) is 1.15. The third-order valence-electron chi connectivity index (χ3n) is 0.741. The van der Waals surface area contributed by atoms with Crippen LogP contribution < -0.4 is 0 Å². The van der Waals surface area contributed by atoms with E-state index in [2.05, 4.69) is 0 Å². The molecule has 0 aromatic rings.